The molecule has 0 spiro atoms. The first kappa shape index (κ1) is 21.7. The standard InChI is InChI=1S/C26H29FN2OS/c1-3-22-17-23(26(31-22)28-25(30)20-7-5-4-6-8-20)24(19-9-11-21(27)12-10-19)29-15-13-18(2)14-16-29/h4-12,17-18,24H,3,13-16H2,1-2H3,(H,28,30)/t24-/m1/s1. The third kappa shape index (κ3) is 5.05. The van der Waals surface area contributed by atoms with Gasteiger partial charge >= 0.3 is 0 Å². The van der Waals surface area contributed by atoms with Crippen molar-refractivity contribution in [3.63, 3.8) is 0 Å². The summed E-state index contributed by atoms with van der Waals surface area (Å²) >= 11 is 1.64. The largest absolute Gasteiger partial charge is 0.313 e. The molecule has 0 unspecified atom stereocenters. The third-order valence-corrected chi connectivity index (χ3v) is 7.30. The van der Waals surface area contributed by atoms with Crippen LogP contribution in [0.25, 0.3) is 0 Å². The second-order valence-electron chi connectivity index (χ2n) is 8.34. The number of thiophene rings is 1. The molecule has 0 radical (unpaired) electrons. The maximum absolute atomic E-state index is 13.7. The molecule has 0 saturated carbocycles. The second kappa shape index (κ2) is 9.75. The Labute approximate surface area is 187 Å². The monoisotopic (exact) mass is 436 g/mol. The summed E-state index contributed by atoms with van der Waals surface area (Å²) in [6.45, 7) is 6.42. The Morgan fingerprint density at radius 3 is 2.45 bits per heavy atom. The number of piperidine rings is 1. The van der Waals surface area contributed by atoms with Crippen LogP contribution in [0.15, 0.2) is 60.7 Å². The number of hydrogen-bond acceptors (Lipinski definition) is 3. The Morgan fingerprint density at radius 2 is 1.81 bits per heavy atom. The quantitative estimate of drug-likeness (QED) is 0.477. The minimum absolute atomic E-state index is 0.00396. The lowest BCUT2D eigenvalue weighted by Gasteiger charge is -2.37. The van der Waals surface area contributed by atoms with Crippen LogP contribution in [0, 0.1) is 11.7 Å². The van der Waals surface area contributed by atoms with E-state index in [4.69, 9.17) is 0 Å². The molecule has 1 saturated heterocycles. The van der Waals surface area contributed by atoms with Crippen molar-refractivity contribution < 1.29 is 9.18 Å². The van der Waals surface area contributed by atoms with Gasteiger partial charge in [-0.25, -0.2) is 4.39 Å². The highest BCUT2D eigenvalue weighted by Gasteiger charge is 2.29. The number of amides is 1. The van der Waals surface area contributed by atoms with Crippen LogP contribution >= 0.6 is 11.3 Å². The van der Waals surface area contributed by atoms with Crippen molar-refractivity contribution >= 4 is 22.2 Å². The van der Waals surface area contributed by atoms with E-state index in [2.05, 4.69) is 30.1 Å². The molecule has 1 aliphatic rings. The van der Waals surface area contributed by atoms with E-state index in [-0.39, 0.29) is 17.8 Å². The topological polar surface area (TPSA) is 32.3 Å². The van der Waals surface area contributed by atoms with Crippen LogP contribution < -0.4 is 5.32 Å². The van der Waals surface area contributed by atoms with Crippen molar-refractivity contribution in [1.29, 1.82) is 0 Å². The van der Waals surface area contributed by atoms with Gasteiger partial charge in [0.1, 0.15) is 10.8 Å². The average molecular weight is 437 g/mol. The summed E-state index contributed by atoms with van der Waals surface area (Å²) in [6, 6.07) is 18.3. The van der Waals surface area contributed by atoms with Crippen LogP contribution in [0.2, 0.25) is 0 Å². The van der Waals surface area contributed by atoms with E-state index in [1.54, 1.807) is 11.3 Å². The Kier molecular flexibility index (Phi) is 6.83. The Balaban J connectivity index is 1.72. The second-order valence-corrected chi connectivity index (χ2v) is 9.48. The van der Waals surface area contributed by atoms with E-state index in [1.807, 2.05) is 42.5 Å². The van der Waals surface area contributed by atoms with Crippen molar-refractivity contribution in [3.8, 4) is 0 Å². The van der Waals surface area contributed by atoms with Crippen LogP contribution in [0.5, 0.6) is 0 Å². The molecule has 2 heterocycles. The molecule has 3 nitrogen and oxygen atoms in total. The predicted octanol–water partition coefficient (Wildman–Crippen LogP) is 6.52. The Morgan fingerprint density at radius 1 is 1.13 bits per heavy atom. The first-order valence-electron chi connectivity index (χ1n) is 11.0. The van der Waals surface area contributed by atoms with Crippen molar-refractivity contribution in [1.82, 2.24) is 4.90 Å². The molecule has 0 bridgehead atoms. The van der Waals surface area contributed by atoms with Gasteiger partial charge in [-0.15, -0.1) is 11.3 Å². The van der Waals surface area contributed by atoms with Gasteiger partial charge in [0.25, 0.3) is 5.91 Å². The lowest BCUT2D eigenvalue weighted by molar-refractivity contribution is 0.102. The van der Waals surface area contributed by atoms with E-state index in [0.29, 0.717) is 5.56 Å². The van der Waals surface area contributed by atoms with Crippen LogP contribution in [0.3, 0.4) is 0 Å². The molecule has 162 valence electrons. The Bertz CT molecular complexity index is 1010. The molecule has 3 aromatic rings. The predicted molar refractivity (Wildman–Crippen MR) is 126 cm³/mol. The molecular weight excluding hydrogens is 407 g/mol. The van der Waals surface area contributed by atoms with E-state index in [9.17, 15) is 9.18 Å². The van der Waals surface area contributed by atoms with Crippen LogP contribution in [-0.2, 0) is 6.42 Å². The maximum atomic E-state index is 13.7. The van der Waals surface area contributed by atoms with Gasteiger partial charge in [0.2, 0.25) is 0 Å². The number of nitrogens with one attached hydrogen (secondary N) is 1. The molecule has 0 aliphatic carbocycles. The van der Waals surface area contributed by atoms with Gasteiger partial charge in [0.15, 0.2) is 0 Å². The van der Waals surface area contributed by atoms with Gasteiger partial charge in [0, 0.05) is 16.0 Å². The van der Waals surface area contributed by atoms with Crippen molar-refractivity contribution in [3.05, 3.63) is 88.0 Å². The molecular formula is C26H29FN2OS. The number of anilines is 1. The lowest BCUT2D eigenvalue weighted by Crippen LogP contribution is -2.37. The average Bonchev–Trinajstić information content (AvgIpc) is 3.19. The highest BCUT2D eigenvalue weighted by molar-refractivity contribution is 7.16. The molecule has 1 fully saturated rings. The molecule has 5 heteroatoms. The fourth-order valence-corrected chi connectivity index (χ4v) is 5.24. The van der Waals surface area contributed by atoms with E-state index in [0.717, 1.165) is 54.4 Å². The number of carbonyl (C=O) groups excluding carboxylic acids is 1. The fraction of sp³-hybridized carbons (Fsp3) is 0.346. The number of benzene rings is 2. The van der Waals surface area contributed by atoms with Crippen molar-refractivity contribution in [2.24, 2.45) is 5.92 Å². The van der Waals surface area contributed by atoms with E-state index < -0.39 is 0 Å². The van der Waals surface area contributed by atoms with Crippen LogP contribution in [-0.4, -0.2) is 23.9 Å². The highest BCUT2D eigenvalue weighted by atomic mass is 32.1. The first-order valence-corrected chi connectivity index (χ1v) is 11.8. The van der Waals surface area contributed by atoms with Gasteiger partial charge in [-0.3, -0.25) is 9.69 Å². The molecule has 1 amide bonds. The zero-order valence-electron chi connectivity index (χ0n) is 18.1. The highest BCUT2D eigenvalue weighted by Crippen LogP contribution is 2.41. The molecule has 4 rings (SSSR count). The summed E-state index contributed by atoms with van der Waals surface area (Å²) in [7, 11) is 0. The van der Waals surface area contributed by atoms with Gasteiger partial charge in [-0.05, 0) is 74.2 Å². The number of halogens is 1. The number of aryl methyl sites for hydroxylation is 1. The smallest absolute Gasteiger partial charge is 0.256 e. The van der Waals surface area contributed by atoms with E-state index in [1.165, 1.54) is 17.0 Å². The van der Waals surface area contributed by atoms with Gasteiger partial charge in [0.05, 0.1) is 6.04 Å². The van der Waals surface area contributed by atoms with Crippen molar-refractivity contribution in [2.75, 3.05) is 18.4 Å². The number of nitrogens with zero attached hydrogens (tertiary/aromatic N) is 1. The SMILES string of the molecule is CCc1cc([C@@H](c2ccc(F)cc2)N2CCC(C)CC2)c(NC(=O)c2ccccc2)s1. The number of hydrogen-bond donors (Lipinski definition) is 1. The third-order valence-electron chi connectivity index (χ3n) is 6.09. The molecule has 1 N–H and O–H groups in total. The van der Waals surface area contributed by atoms with Crippen molar-refractivity contribution in [2.45, 2.75) is 39.2 Å². The van der Waals surface area contributed by atoms with Gasteiger partial charge < -0.3 is 5.32 Å². The molecule has 2 aromatic carbocycles. The number of rotatable bonds is 6. The summed E-state index contributed by atoms with van der Waals surface area (Å²) in [5, 5.41) is 4.06. The summed E-state index contributed by atoms with van der Waals surface area (Å²) < 4.78 is 13.7. The minimum Gasteiger partial charge on any atom is -0.313 e. The number of carbonyl (C=O) groups is 1. The van der Waals surface area contributed by atoms with Crippen LogP contribution in [0.1, 0.15) is 59.1 Å². The molecule has 31 heavy (non-hydrogen) atoms. The Hall–Kier alpha value is -2.50. The summed E-state index contributed by atoms with van der Waals surface area (Å²) in [5.74, 6) is 0.388. The molecule has 1 aromatic heterocycles. The molecule has 1 atom stereocenters. The summed E-state index contributed by atoms with van der Waals surface area (Å²) in [4.78, 5) is 16.6. The normalized spacial score (nSPS) is 16.2. The maximum Gasteiger partial charge on any atom is 0.256 e. The van der Waals surface area contributed by atoms with E-state index >= 15 is 0 Å². The zero-order chi connectivity index (χ0) is 21.8. The minimum atomic E-state index is -0.230. The molecule has 1 aliphatic heterocycles. The summed E-state index contributed by atoms with van der Waals surface area (Å²) in [5.41, 5.74) is 2.81. The van der Waals surface area contributed by atoms with Gasteiger partial charge in [-0.1, -0.05) is 44.2 Å². The first-order chi connectivity index (χ1) is 15.0. The van der Waals surface area contributed by atoms with Gasteiger partial charge in [-0.2, -0.15) is 0 Å². The number of likely N-dealkylation sites (tertiary alicyclic amines) is 1. The zero-order valence-corrected chi connectivity index (χ0v) is 18.9. The van der Waals surface area contributed by atoms with Crippen LogP contribution in [0.4, 0.5) is 9.39 Å². The lowest BCUT2D eigenvalue weighted by atomic mass is 9.92. The summed E-state index contributed by atoms with van der Waals surface area (Å²) in [6.07, 6.45) is 3.20. The fourth-order valence-electron chi connectivity index (χ4n) is 4.22.